The Morgan fingerprint density at radius 1 is 1.47 bits per heavy atom. The Labute approximate surface area is 99.0 Å². The highest BCUT2D eigenvalue weighted by molar-refractivity contribution is 5.82. The average molecular weight is 233 g/mol. The number of benzene rings is 1. The molecule has 1 heterocycles. The fraction of sp³-hybridized carbons (Fsp3) is 0.308. The maximum atomic E-state index is 11.1. The van der Waals surface area contributed by atoms with Crippen LogP contribution >= 0.6 is 0 Å². The standard InChI is InChI=1S/C13H15NO3/c1-2-8(13(15)16)12(14)10-7-17-11-6-4-3-5-9(10)11/h3-8,12H,2,14H2,1H3,(H,15,16). The Morgan fingerprint density at radius 2 is 2.18 bits per heavy atom. The zero-order valence-electron chi connectivity index (χ0n) is 9.59. The van der Waals surface area contributed by atoms with Crippen LogP contribution in [-0.4, -0.2) is 11.1 Å². The molecule has 90 valence electrons. The van der Waals surface area contributed by atoms with Crippen LogP contribution in [0.15, 0.2) is 34.9 Å². The van der Waals surface area contributed by atoms with E-state index in [1.807, 2.05) is 31.2 Å². The normalized spacial score (nSPS) is 14.7. The van der Waals surface area contributed by atoms with Gasteiger partial charge in [-0.25, -0.2) is 0 Å². The second kappa shape index (κ2) is 4.59. The van der Waals surface area contributed by atoms with Gasteiger partial charge in [0, 0.05) is 17.0 Å². The monoisotopic (exact) mass is 233 g/mol. The lowest BCUT2D eigenvalue weighted by Gasteiger charge is -2.17. The van der Waals surface area contributed by atoms with Crippen molar-refractivity contribution < 1.29 is 14.3 Å². The Morgan fingerprint density at radius 3 is 2.82 bits per heavy atom. The Kier molecular flexibility index (Phi) is 3.15. The molecule has 0 bridgehead atoms. The minimum Gasteiger partial charge on any atom is -0.481 e. The van der Waals surface area contributed by atoms with E-state index in [2.05, 4.69) is 0 Å². The number of carbonyl (C=O) groups is 1. The Balaban J connectivity index is 2.42. The number of furan rings is 1. The summed E-state index contributed by atoms with van der Waals surface area (Å²) in [7, 11) is 0. The van der Waals surface area contributed by atoms with E-state index >= 15 is 0 Å². The van der Waals surface area contributed by atoms with Gasteiger partial charge in [0.05, 0.1) is 12.2 Å². The zero-order valence-corrected chi connectivity index (χ0v) is 9.59. The van der Waals surface area contributed by atoms with Gasteiger partial charge < -0.3 is 15.3 Å². The summed E-state index contributed by atoms with van der Waals surface area (Å²) in [6, 6.07) is 6.95. The summed E-state index contributed by atoms with van der Waals surface area (Å²) < 4.78 is 5.37. The first-order valence-electron chi connectivity index (χ1n) is 5.59. The minimum atomic E-state index is -0.870. The molecule has 2 rings (SSSR count). The van der Waals surface area contributed by atoms with Crippen LogP contribution in [0.5, 0.6) is 0 Å². The highest BCUT2D eigenvalue weighted by atomic mass is 16.4. The lowest BCUT2D eigenvalue weighted by Crippen LogP contribution is -2.27. The smallest absolute Gasteiger partial charge is 0.308 e. The molecule has 0 fully saturated rings. The Bertz CT molecular complexity index is 532. The molecule has 2 unspecified atom stereocenters. The molecule has 1 aromatic heterocycles. The third-order valence-electron chi connectivity index (χ3n) is 3.06. The number of para-hydroxylation sites is 1. The van der Waals surface area contributed by atoms with Crippen molar-refractivity contribution in [3.63, 3.8) is 0 Å². The summed E-state index contributed by atoms with van der Waals surface area (Å²) in [5.41, 5.74) is 7.51. The molecule has 0 aliphatic rings. The van der Waals surface area contributed by atoms with Gasteiger partial charge in [0.25, 0.3) is 0 Å². The van der Waals surface area contributed by atoms with E-state index in [1.54, 1.807) is 6.26 Å². The van der Waals surface area contributed by atoms with Crippen LogP contribution < -0.4 is 5.73 Å². The predicted molar refractivity (Wildman–Crippen MR) is 64.6 cm³/mol. The van der Waals surface area contributed by atoms with Crippen molar-refractivity contribution in [1.29, 1.82) is 0 Å². The van der Waals surface area contributed by atoms with Crippen molar-refractivity contribution in [3.8, 4) is 0 Å². The molecule has 2 atom stereocenters. The number of rotatable bonds is 4. The first-order chi connectivity index (χ1) is 8.15. The molecule has 3 N–H and O–H groups in total. The topological polar surface area (TPSA) is 76.5 Å². The molecule has 4 heteroatoms. The second-order valence-electron chi connectivity index (χ2n) is 4.07. The maximum absolute atomic E-state index is 11.1. The summed E-state index contributed by atoms with van der Waals surface area (Å²) in [6.45, 7) is 1.82. The van der Waals surface area contributed by atoms with Gasteiger partial charge in [0.2, 0.25) is 0 Å². The highest BCUT2D eigenvalue weighted by Crippen LogP contribution is 2.30. The summed E-state index contributed by atoms with van der Waals surface area (Å²) >= 11 is 0. The lowest BCUT2D eigenvalue weighted by atomic mass is 9.91. The van der Waals surface area contributed by atoms with Crippen molar-refractivity contribution in [2.45, 2.75) is 19.4 Å². The van der Waals surface area contributed by atoms with Crippen molar-refractivity contribution in [1.82, 2.24) is 0 Å². The van der Waals surface area contributed by atoms with Crippen molar-refractivity contribution in [3.05, 3.63) is 36.1 Å². The van der Waals surface area contributed by atoms with Crippen LogP contribution in [-0.2, 0) is 4.79 Å². The van der Waals surface area contributed by atoms with Crippen LogP contribution in [0.1, 0.15) is 24.9 Å². The van der Waals surface area contributed by atoms with Crippen molar-refractivity contribution >= 4 is 16.9 Å². The van der Waals surface area contributed by atoms with Gasteiger partial charge in [-0.3, -0.25) is 4.79 Å². The number of fused-ring (bicyclic) bond motifs is 1. The zero-order chi connectivity index (χ0) is 12.4. The number of nitrogens with two attached hydrogens (primary N) is 1. The van der Waals surface area contributed by atoms with E-state index in [9.17, 15) is 4.79 Å². The van der Waals surface area contributed by atoms with Crippen LogP contribution in [0.25, 0.3) is 11.0 Å². The van der Waals surface area contributed by atoms with Gasteiger partial charge in [-0.05, 0) is 12.5 Å². The lowest BCUT2D eigenvalue weighted by molar-refractivity contribution is -0.142. The number of carboxylic acid groups (broad SMARTS) is 1. The fourth-order valence-corrected chi connectivity index (χ4v) is 2.06. The van der Waals surface area contributed by atoms with Gasteiger partial charge in [0.1, 0.15) is 5.58 Å². The predicted octanol–water partition coefficient (Wildman–Crippen LogP) is 2.54. The van der Waals surface area contributed by atoms with Crippen molar-refractivity contribution in [2.75, 3.05) is 0 Å². The molecule has 4 nitrogen and oxygen atoms in total. The average Bonchev–Trinajstić information content (AvgIpc) is 2.72. The summed E-state index contributed by atoms with van der Waals surface area (Å²) in [6.07, 6.45) is 2.05. The summed E-state index contributed by atoms with van der Waals surface area (Å²) in [5, 5.41) is 9.99. The van der Waals surface area contributed by atoms with Crippen LogP contribution in [0.2, 0.25) is 0 Å². The molecule has 0 saturated heterocycles. The van der Waals surface area contributed by atoms with E-state index < -0.39 is 17.9 Å². The summed E-state index contributed by atoms with van der Waals surface area (Å²) in [5.74, 6) is -1.46. The van der Waals surface area contributed by atoms with Crippen LogP contribution in [0.4, 0.5) is 0 Å². The fourth-order valence-electron chi connectivity index (χ4n) is 2.06. The highest BCUT2D eigenvalue weighted by Gasteiger charge is 2.27. The Hall–Kier alpha value is -1.81. The molecule has 0 radical (unpaired) electrons. The summed E-state index contributed by atoms with van der Waals surface area (Å²) in [4.78, 5) is 11.1. The van der Waals surface area contributed by atoms with E-state index in [1.165, 1.54) is 0 Å². The third kappa shape index (κ3) is 2.03. The van der Waals surface area contributed by atoms with Gasteiger partial charge in [-0.15, -0.1) is 0 Å². The van der Waals surface area contributed by atoms with Crippen LogP contribution in [0, 0.1) is 5.92 Å². The number of carboxylic acids is 1. The quantitative estimate of drug-likeness (QED) is 0.850. The van der Waals surface area contributed by atoms with Crippen molar-refractivity contribution in [2.24, 2.45) is 11.7 Å². The van der Waals surface area contributed by atoms with E-state index in [-0.39, 0.29) is 0 Å². The molecule has 0 saturated carbocycles. The van der Waals surface area contributed by atoms with E-state index in [4.69, 9.17) is 15.3 Å². The van der Waals surface area contributed by atoms with E-state index in [0.29, 0.717) is 6.42 Å². The number of hydrogen-bond donors (Lipinski definition) is 2. The second-order valence-corrected chi connectivity index (χ2v) is 4.07. The largest absolute Gasteiger partial charge is 0.481 e. The molecule has 1 aromatic carbocycles. The molecular formula is C13H15NO3. The third-order valence-corrected chi connectivity index (χ3v) is 3.06. The molecule has 17 heavy (non-hydrogen) atoms. The molecule has 0 amide bonds. The van der Waals surface area contributed by atoms with Gasteiger partial charge in [0.15, 0.2) is 0 Å². The van der Waals surface area contributed by atoms with Crippen LogP contribution in [0.3, 0.4) is 0 Å². The molecule has 0 spiro atoms. The first-order valence-corrected chi connectivity index (χ1v) is 5.59. The van der Waals surface area contributed by atoms with Gasteiger partial charge in [-0.2, -0.15) is 0 Å². The SMILES string of the molecule is CCC(C(=O)O)C(N)c1coc2ccccc12. The number of hydrogen-bond acceptors (Lipinski definition) is 3. The van der Waals surface area contributed by atoms with E-state index in [0.717, 1.165) is 16.5 Å². The molecular weight excluding hydrogens is 218 g/mol. The molecule has 0 aliphatic carbocycles. The van der Waals surface area contributed by atoms with Gasteiger partial charge >= 0.3 is 5.97 Å². The minimum absolute atomic E-state index is 0.496. The molecule has 2 aromatic rings. The molecule has 0 aliphatic heterocycles. The maximum Gasteiger partial charge on any atom is 0.308 e. The number of aliphatic carboxylic acids is 1. The van der Waals surface area contributed by atoms with Gasteiger partial charge in [-0.1, -0.05) is 25.1 Å². The first kappa shape index (κ1) is 11.7.